The number of Topliss-reactive ketones (excluding diaryl/α,β-unsaturated/α-hetero) is 1. The Hall–Kier alpha value is -4.93. The summed E-state index contributed by atoms with van der Waals surface area (Å²) in [5, 5.41) is 0. The SMILES string of the molecule is CCOC(=O)C(=O)C1=C(c2ccccc2)N2c3ccc(C)cc3C=CC2OC1(C#Cc1ccccc1)C(=O)OCC. The van der Waals surface area contributed by atoms with E-state index in [0.29, 0.717) is 16.8 Å². The average Bonchev–Trinajstić information content (AvgIpc) is 2.99. The van der Waals surface area contributed by atoms with E-state index in [0.717, 1.165) is 16.8 Å². The summed E-state index contributed by atoms with van der Waals surface area (Å²) in [6.07, 6.45) is 2.85. The molecule has 2 aliphatic heterocycles. The van der Waals surface area contributed by atoms with Crippen LogP contribution in [-0.4, -0.2) is 42.8 Å². The molecular formula is C34H29NO6. The second-order valence-electron chi connectivity index (χ2n) is 9.46. The van der Waals surface area contributed by atoms with Gasteiger partial charge in [-0.3, -0.25) is 4.79 Å². The topological polar surface area (TPSA) is 82.1 Å². The molecule has 0 saturated heterocycles. The van der Waals surface area contributed by atoms with Crippen molar-refractivity contribution < 1.29 is 28.6 Å². The lowest BCUT2D eigenvalue weighted by Gasteiger charge is -2.46. The first-order chi connectivity index (χ1) is 19.9. The summed E-state index contributed by atoms with van der Waals surface area (Å²) in [7, 11) is 0. The Balaban J connectivity index is 1.89. The summed E-state index contributed by atoms with van der Waals surface area (Å²) in [6.45, 7) is 5.22. The molecule has 7 nitrogen and oxygen atoms in total. The molecule has 0 aromatic heterocycles. The zero-order valence-corrected chi connectivity index (χ0v) is 23.0. The molecule has 0 spiro atoms. The molecule has 2 aliphatic rings. The number of carbonyl (C=O) groups excluding carboxylic acids is 3. The highest BCUT2D eigenvalue weighted by Gasteiger charge is 2.57. The first-order valence-electron chi connectivity index (χ1n) is 13.4. The van der Waals surface area contributed by atoms with E-state index in [4.69, 9.17) is 14.2 Å². The average molecular weight is 548 g/mol. The number of esters is 2. The lowest BCUT2D eigenvalue weighted by molar-refractivity contribution is -0.166. The molecule has 41 heavy (non-hydrogen) atoms. The number of aryl methyl sites for hydroxylation is 1. The molecule has 206 valence electrons. The third-order valence-corrected chi connectivity index (χ3v) is 6.72. The minimum absolute atomic E-state index is 0.00480. The number of benzene rings is 3. The van der Waals surface area contributed by atoms with E-state index in [1.807, 2.05) is 84.6 Å². The molecule has 0 amide bonds. The van der Waals surface area contributed by atoms with Crippen molar-refractivity contribution in [2.45, 2.75) is 32.6 Å². The van der Waals surface area contributed by atoms with E-state index < -0.39 is 29.6 Å². The Morgan fingerprint density at radius 3 is 2.29 bits per heavy atom. The zero-order valence-electron chi connectivity index (χ0n) is 23.0. The van der Waals surface area contributed by atoms with Crippen LogP contribution in [0.1, 0.15) is 36.1 Å². The fraction of sp³-hybridized carbons (Fsp3) is 0.206. The first-order valence-corrected chi connectivity index (χ1v) is 13.4. The van der Waals surface area contributed by atoms with Crippen LogP contribution < -0.4 is 4.90 Å². The van der Waals surface area contributed by atoms with E-state index in [9.17, 15) is 14.4 Å². The number of anilines is 1. The van der Waals surface area contributed by atoms with Crippen LogP contribution in [0.15, 0.2) is 90.5 Å². The third-order valence-electron chi connectivity index (χ3n) is 6.72. The van der Waals surface area contributed by atoms with Gasteiger partial charge in [0.25, 0.3) is 11.4 Å². The van der Waals surface area contributed by atoms with Gasteiger partial charge in [-0.25, -0.2) is 9.59 Å². The van der Waals surface area contributed by atoms with E-state index in [1.165, 1.54) is 0 Å². The first kappa shape index (κ1) is 27.6. The molecule has 2 unspecified atom stereocenters. The molecule has 3 aromatic rings. The number of fused-ring (bicyclic) bond motifs is 3. The highest BCUT2D eigenvalue weighted by Crippen LogP contribution is 2.46. The van der Waals surface area contributed by atoms with Crippen LogP contribution >= 0.6 is 0 Å². The number of hydrogen-bond donors (Lipinski definition) is 0. The molecule has 0 saturated carbocycles. The van der Waals surface area contributed by atoms with Gasteiger partial charge in [-0.1, -0.05) is 72.2 Å². The molecule has 7 heteroatoms. The van der Waals surface area contributed by atoms with Crippen molar-refractivity contribution in [3.8, 4) is 11.8 Å². The van der Waals surface area contributed by atoms with Crippen LogP contribution in [0.3, 0.4) is 0 Å². The van der Waals surface area contributed by atoms with Gasteiger partial charge in [-0.05, 0) is 68.2 Å². The number of hydrogen-bond acceptors (Lipinski definition) is 7. The number of rotatable bonds is 6. The second kappa shape index (κ2) is 11.7. The Kier molecular flexibility index (Phi) is 7.86. The van der Waals surface area contributed by atoms with Gasteiger partial charge in [0.2, 0.25) is 0 Å². The van der Waals surface area contributed by atoms with Crippen LogP contribution in [0.2, 0.25) is 0 Å². The Labute approximate surface area is 239 Å². The van der Waals surface area contributed by atoms with Gasteiger partial charge in [0.15, 0.2) is 6.23 Å². The van der Waals surface area contributed by atoms with Crippen molar-refractivity contribution in [1.82, 2.24) is 0 Å². The van der Waals surface area contributed by atoms with Crippen LogP contribution in [0, 0.1) is 18.8 Å². The van der Waals surface area contributed by atoms with Gasteiger partial charge in [-0.2, -0.15) is 0 Å². The highest BCUT2D eigenvalue weighted by molar-refractivity contribution is 6.44. The normalized spacial score (nSPS) is 18.9. The van der Waals surface area contributed by atoms with Crippen LogP contribution in [-0.2, 0) is 28.6 Å². The summed E-state index contributed by atoms with van der Waals surface area (Å²) < 4.78 is 17.2. The molecule has 5 rings (SSSR count). The Morgan fingerprint density at radius 2 is 1.61 bits per heavy atom. The van der Waals surface area contributed by atoms with Crippen LogP contribution in [0.25, 0.3) is 11.8 Å². The van der Waals surface area contributed by atoms with Gasteiger partial charge in [0.05, 0.1) is 30.2 Å². The largest absolute Gasteiger partial charge is 0.463 e. The highest BCUT2D eigenvalue weighted by atomic mass is 16.6. The summed E-state index contributed by atoms with van der Waals surface area (Å²) in [5.41, 5.74) is 1.66. The van der Waals surface area contributed by atoms with E-state index in [1.54, 1.807) is 32.1 Å². The zero-order chi connectivity index (χ0) is 29.0. The van der Waals surface area contributed by atoms with Crippen molar-refractivity contribution in [3.05, 3.63) is 113 Å². The molecule has 0 fully saturated rings. The number of nitrogens with zero attached hydrogens (tertiary/aromatic N) is 1. The molecule has 2 heterocycles. The maximum absolute atomic E-state index is 14.1. The summed E-state index contributed by atoms with van der Waals surface area (Å²) in [4.78, 5) is 43.0. The lowest BCUT2D eigenvalue weighted by atomic mass is 9.83. The van der Waals surface area contributed by atoms with Gasteiger partial charge in [0, 0.05) is 5.56 Å². The fourth-order valence-corrected chi connectivity index (χ4v) is 4.96. The molecule has 2 atom stereocenters. The molecular weight excluding hydrogens is 518 g/mol. The molecule has 3 aromatic carbocycles. The van der Waals surface area contributed by atoms with Crippen LogP contribution in [0.5, 0.6) is 0 Å². The predicted octanol–water partition coefficient (Wildman–Crippen LogP) is 5.08. The van der Waals surface area contributed by atoms with Crippen molar-refractivity contribution in [3.63, 3.8) is 0 Å². The second-order valence-corrected chi connectivity index (χ2v) is 9.46. The summed E-state index contributed by atoms with van der Waals surface area (Å²) in [5.74, 6) is 2.87. The van der Waals surface area contributed by atoms with E-state index >= 15 is 0 Å². The fourth-order valence-electron chi connectivity index (χ4n) is 4.96. The van der Waals surface area contributed by atoms with Gasteiger partial charge < -0.3 is 19.1 Å². The van der Waals surface area contributed by atoms with Gasteiger partial charge >= 0.3 is 11.9 Å². The quantitative estimate of drug-likeness (QED) is 0.242. The van der Waals surface area contributed by atoms with Gasteiger partial charge in [0.1, 0.15) is 0 Å². The smallest absolute Gasteiger partial charge is 0.379 e. The third kappa shape index (κ3) is 5.18. The standard InChI is InChI=1S/C34H29NO6/c1-4-39-32(37)31(36)29-30(25-14-10-7-11-15-25)35-27-18-16-23(3)22-26(27)17-19-28(35)41-34(29,33(38)40-5-2)21-20-24-12-8-6-9-13-24/h6-19,22,28H,4-5H2,1-3H3. The van der Waals surface area contributed by atoms with Crippen molar-refractivity contribution in [2.75, 3.05) is 18.1 Å². The molecule has 0 bridgehead atoms. The molecule has 0 N–H and O–H groups in total. The van der Waals surface area contributed by atoms with Crippen molar-refractivity contribution in [1.29, 1.82) is 0 Å². The van der Waals surface area contributed by atoms with E-state index in [2.05, 4.69) is 11.8 Å². The lowest BCUT2D eigenvalue weighted by Crippen LogP contribution is -2.58. The van der Waals surface area contributed by atoms with Crippen molar-refractivity contribution >= 4 is 35.2 Å². The monoisotopic (exact) mass is 547 g/mol. The van der Waals surface area contributed by atoms with Gasteiger partial charge in [-0.15, -0.1) is 0 Å². The van der Waals surface area contributed by atoms with Crippen LogP contribution in [0.4, 0.5) is 5.69 Å². The Morgan fingerprint density at radius 1 is 0.927 bits per heavy atom. The maximum atomic E-state index is 14.1. The van der Waals surface area contributed by atoms with E-state index in [-0.39, 0.29) is 18.8 Å². The minimum Gasteiger partial charge on any atom is -0.463 e. The minimum atomic E-state index is -2.24. The Bertz CT molecular complexity index is 1610. The van der Waals surface area contributed by atoms with Crippen molar-refractivity contribution in [2.24, 2.45) is 0 Å². The summed E-state index contributed by atoms with van der Waals surface area (Å²) >= 11 is 0. The number of ketones is 1. The molecule has 0 aliphatic carbocycles. The maximum Gasteiger partial charge on any atom is 0.379 e. The summed E-state index contributed by atoms with van der Waals surface area (Å²) in [6, 6.07) is 24.0. The number of ether oxygens (including phenoxy) is 3. The molecule has 0 radical (unpaired) electrons. The predicted molar refractivity (Wildman–Crippen MR) is 155 cm³/mol. The number of carbonyl (C=O) groups is 3.